The van der Waals surface area contributed by atoms with Crippen LogP contribution in [0.25, 0.3) is 0 Å². The number of benzene rings is 1. The topological polar surface area (TPSA) is 36.7 Å². The largest absolute Gasteiger partial charge is 0.248 e. The number of hydrogen-bond donors (Lipinski definition) is 0. The molecule has 0 atom stereocenters. The van der Waals surface area contributed by atoms with Crippen LogP contribution in [-0.4, -0.2) is 4.98 Å². The smallest absolute Gasteiger partial charge is 0.101 e. The number of hydrogen-bond acceptors (Lipinski definition) is 3. The van der Waals surface area contributed by atoms with Gasteiger partial charge in [0.05, 0.1) is 16.7 Å². The number of pyridine rings is 1. The summed E-state index contributed by atoms with van der Waals surface area (Å²) in [5, 5.41) is 10.2. The fraction of sp³-hybridized carbons (Fsp3) is 0. The molecule has 0 unspecified atom stereocenters. The van der Waals surface area contributed by atoms with Gasteiger partial charge in [-0.25, -0.2) is 4.98 Å². The highest BCUT2D eigenvalue weighted by atomic mass is 79.9. The number of rotatable bonds is 2. The zero-order chi connectivity index (χ0) is 12.3. The van der Waals surface area contributed by atoms with Gasteiger partial charge in [0.25, 0.3) is 0 Å². The molecule has 2 aromatic rings. The lowest BCUT2D eigenvalue weighted by Crippen LogP contribution is -1.81. The molecule has 0 saturated heterocycles. The van der Waals surface area contributed by atoms with Gasteiger partial charge >= 0.3 is 0 Å². The SMILES string of the molecule is N#Cc1ccc(Sc2ccc(Br)cn2)c(Cl)c1. The summed E-state index contributed by atoms with van der Waals surface area (Å²) in [6.45, 7) is 0. The summed E-state index contributed by atoms with van der Waals surface area (Å²) >= 11 is 10.9. The summed E-state index contributed by atoms with van der Waals surface area (Å²) < 4.78 is 0.938. The van der Waals surface area contributed by atoms with Crippen LogP contribution in [0.5, 0.6) is 0 Å². The predicted molar refractivity (Wildman–Crippen MR) is 72.2 cm³/mol. The molecule has 0 spiro atoms. The summed E-state index contributed by atoms with van der Waals surface area (Å²) in [7, 11) is 0. The molecular formula is C12H6BrClN2S. The number of aromatic nitrogens is 1. The van der Waals surface area contributed by atoms with E-state index in [1.54, 1.807) is 18.3 Å². The summed E-state index contributed by atoms with van der Waals surface area (Å²) in [6, 6.07) is 11.1. The molecule has 0 N–H and O–H groups in total. The molecule has 0 radical (unpaired) electrons. The molecule has 5 heteroatoms. The fourth-order valence-corrected chi connectivity index (χ4v) is 2.48. The summed E-state index contributed by atoms with van der Waals surface area (Å²) in [6.07, 6.45) is 1.74. The molecule has 0 aliphatic rings. The maximum atomic E-state index is 8.74. The first-order valence-electron chi connectivity index (χ1n) is 4.68. The quantitative estimate of drug-likeness (QED) is 0.814. The molecule has 1 aromatic carbocycles. The molecule has 17 heavy (non-hydrogen) atoms. The first kappa shape index (κ1) is 12.4. The van der Waals surface area contributed by atoms with E-state index in [-0.39, 0.29) is 0 Å². The second-order valence-electron chi connectivity index (χ2n) is 3.17. The van der Waals surface area contributed by atoms with E-state index in [9.17, 15) is 0 Å². The van der Waals surface area contributed by atoms with Gasteiger partial charge in [0, 0.05) is 15.6 Å². The highest BCUT2D eigenvalue weighted by Gasteiger charge is 2.04. The minimum absolute atomic E-state index is 0.558. The van der Waals surface area contributed by atoms with E-state index in [2.05, 4.69) is 27.0 Å². The average Bonchev–Trinajstić information content (AvgIpc) is 2.34. The van der Waals surface area contributed by atoms with Crippen molar-refractivity contribution in [3.8, 4) is 6.07 Å². The Balaban J connectivity index is 2.25. The first-order valence-corrected chi connectivity index (χ1v) is 6.67. The van der Waals surface area contributed by atoms with Crippen LogP contribution in [0.2, 0.25) is 5.02 Å². The molecule has 0 aliphatic heterocycles. The Hall–Kier alpha value is -1.02. The Morgan fingerprint density at radius 3 is 2.71 bits per heavy atom. The van der Waals surface area contributed by atoms with Crippen LogP contribution >= 0.6 is 39.3 Å². The lowest BCUT2D eigenvalue weighted by atomic mass is 10.2. The van der Waals surface area contributed by atoms with Gasteiger partial charge < -0.3 is 0 Å². The molecule has 2 rings (SSSR count). The molecular weight excluding hydrogens is 320 g/mol. The van der Waals surface area contributed by atoms with E-state index in [4.69, 9.17) is 16.9 Å². The van der Waals surface area contributed by atoms with Crippen molar-refractivity contribution in [2.75, 3.05) is 0 Å². The molecule has 0 fully saturated rings. The van der Waals surface area contributed by atoms with Crippen molar-refractivity contribution in [1.29, 1.82) is 5.26 Å². The van der Waals surface area contributed by atoms with Crippen LogP contribution in [0.15, 0.2) is 50.9 Å². The van der Waals surface area contributed by atoms with Gasteiger partial charge in [-0.15, -0.1) is 0 Å². The number of nitrogens with zero attached hydrogens (tertiary/aromatic N) is 2. The van der Waals surface area contributed by atoms with Gasteiger partial charge in [-0.2, -0.15) is 5.26 Å². The molecule has 1 aromatic heterocycles. The first-order chi connectivity index (χ1) is 8.19. The standard InChI is InChI=1S/C12H6BrClN2S/c13-9-2-4-12(16-7-9)17-11-3-1-8(6-15)5-10(11)14/h1-5,7H. The Morgan fingerprint density at radius 1 is 1.29 bits per heavy atom. The maximum absolute atomic E-state index is 8.74. The normalized spacial score (nSPS) is 9.94. The lowest BCUT2D eigenvalue weighted by Gasteiger charge is -2.03. The van der Waals surface area contributed by atoms with Crippen molar-refractivity contribution < 1.29 is 0 Å². The zero-order valence-electron chi connectivity index (χ0n) is 8.52. The zero-order valence-corrected chi connectivity index (χ0v) is 11.7. The second-order valence-corrected chi connectivity index (χ2v) is 5.56. The third kappa shape index (κ3) is 3.22. The summed E-state index contributed by atoms with van der Waals surface area (Å²) in [5.41, 5.74) is 0.558. The molecule has 1 heterocycles. The van der Waals surface area contributed by atoms with Crippen LogP contribution in [0.1, 0.15) is 5.56 Å². The van der Waals surface area contributed by atoms with Crippen molar-refractivity contribution in [2.24, 2.45) is 0 Å². The van der Waals surface area contributed by atoms with Crippen LogP contribution in [0.3, 0.4) is 0 Å². The van der Waals surface area contributed by atoms with E-state index in [1.165, 1.54) is 11.8 Å². The lowest BCUT2D eigenvalue weighted by molar-refractivity contribution is 1.12. The van der Waals surface area contributed by atoms with E-state index < -0.39 is 0 Å². The minimum Gasteiger partial charge on any atom is -0.248 e. The summed E-state index contributed by atoms with van der Waals surface area (Å²) in [5.74, 6) is 0. The van der Waals surface area contributed by atoms with Crippen molar-refractivity contribution >= 4 is 39.3 Å². The fourth-order valence-electron chi connectivity index (χ4n) is 1.19. The van der Waals surface area contributed by atoms with Crippen molar-refractivity contribution in [2.45, 2.75) is 9.92 Å². The monoisotopic (exact) mass is 324 g/mol. The van der Waals surface area contributed by atoms with Gasteiger partial charge in [0.1, 0.15) is 5.03 Å². The van der Waals surface area contributed by atoms with Crippen LogP contribution in [-0.2, 0) is 0 Å². The second kappa shape index (κ2) is 5.54. The van der Waals surface area contributed by atoms with Gasteiger partial charge in [-0.05, 0) is 46.3 Å². The Labute approximate surface area is 117 Å². The molecule has 0 amide bonds. The van der Waals surface area contributed by atoms with Crippen LogP contribution in [0.4, 0.5) is 0 Å². The van der Waals surface area contributed by atoms with Crippen LogP contribution in [0, 0.1) is 11.3 Å². The maximum Gasteiger partial charge on any atom is 0.101 e. The van der Waals surface area contributed by atoms with Crippen molar-refractivity contribution in [3.63, 3.8) is 0 Å². The average molecular weight is 326 g/mol. The highest BCUT2D eigenvalue weighted by Crippen LogP contribution is 2.32. The van der Waals surface area contributed by atoms with Gasteiger partial charge in [-0.3, -0.25) is 0 Å². The van der Waals surface area contributed by atoms with Crippen LogP contribution < -0.4 is 0 Å². The van der Waals surface area contributed by atoms with Gasteiger partial charge in [-0.1, -0.05) is 23.4 Å². The molecule has 0 saturated carbocycles. The predicted octanol–water partition coefficient (Wildman–Crippen LogP) is 4.52. The van der Waals surface area contributed by atoms with Gasteiger partial charge in [0.15, 0.2) is 0 Å². The molecule has 2 nitrogen and oxygen atoms in total. The number of nitriles is 1. The Morgan fingerprint density at radius 2 is 2.12 bits per heavy atom. The van der Waals surface area contributed by atoms with E-state index in [1.807, 2.05) is 18.2 Å². The van der Waals surface area contributed by atoms with Gasteiger partial charge in [0.2, 0.25) is 0 Å². The molecule has 0 aliphatic carbocycles. The van der Waals surface area contributed by atoms with Crippen molar-refractivity contribution in [1.82, 2.24) is 4.98 Å². The van der Waals surface area contributed by atoms with Crippen molar-refractivity contribution in [3.05, 3.63) is 51.6 Å². The highest BCUT2D eigenvalue weighted by molar-refractivity contribution is 9.10. The number of halogens is 2. The molecule has 0 bridgehead atoms. The third-order valence-electron chi connectivity index (χ3n) is 1.98. The Bertz CT molecular complexity index is 578. The van der Waals surface area contributed by atoms with E-state index in [0.29, 0.717) is 10.6 Å². The third-order valence-corrected chi connectivity index (χ3v) is 3.90. The Kier molecular flexibility index (Phi) is 4.06. The summed E-state index contributed by atoms with van der Waals surface area (Å²) in [4.78, 5) is 5.14. The van der Waals surface area contributed by atoms with E-state index in [0.717, 1.165) is 14.4 Å². The minimum atomic E-state index is 0.558. The van der Waals surface area contributed by atoms with E-state index >= 15 is 0 Å². The molecule has 84 valence electrons.